The van der Waals surface area contributed by atoms with Crippen molar-refractivity contribution in [2.24, 2.45) is 0 Å². The van der Waals surface area contributed by atoms with Crippen LogP contribution in [0.3, 0.4) is 0 Å². The van der Waals surface area contributed by atoms with Gasteiger partial charge in [-0.3, -0.25) is 9.89 Å². The van der Waals surface area contributed by atoms with Gasteiger partial charge in [-0.25, -0.2) is 4.98 Å². The Morgan fingerprint density at radius 3 is 3.11 bits per heavy atom. The van der Waals surface area contributed by atoms with Gasteiger partial charge < -0.3 is 15.0 Å². The monoisotopic (exact) mass is 373 g/mol. The van der Waals surface area contributed by atoms with Crippen LogP contribution in [-0.4, -0.2) is 38.7 Å². The van der Waals surface area contributed by atoms with Gasteiger partial charge in [-0.1, -0.05) is 12.1 Å². The molecule has 27 heavy (non-hydrogen) atoms. The van der Waals surface area contributed by atoms with Gasteiger partial charge >= 0.3 is 6.61 Å². The largest absolute Gasteiger partial charge is 0.435 e. The highest BCUT2D eigenvalue weighted by Gasteiger charge is 2.24. The van der Waals surface area contributed by atoms with E-state index in [-0.39, 0.29) is 17.7 Å². The van der Waals surface area contributed by atoms with E-state index >= 15 is 0 Å². The van der Waals surface area contributed by atoms with Gasteiger partial charge in [0.25, 0.3) is 5.91 Å². The first kappa shape index (κ1) is 17.2. The smallest absolute Gasteiger partial charge is 0.387 e. The molecule has 0 saturated heterocycles. The maximum Gasteiger partial charge on any atom is 0.387 e. The molecule has 0 fully saturated rings. The van der Waals surface area contributed by atoms with E-state index in [9.17, 15) is 13.6 Å². The number of rotatable bonds is 5. The molecule has 140 valence electrons. The highest BCUT2D eigenvalue weighted by atomic mass is 19.3. The Morgan fingerprint density at radius 2 is 2.26 bits per heavy atom. The number of nitrogens with one attached hydrogen (secondary N) is 3. The van der Waals surface area contributed by atoms with Crippen LogP contribution >= 0.6 is 0 Å². The SMILES string of the molecule is O=C(NC1CCc2nc[nH]c2C1)c1cn[nH]c1-c1cccc(OC(F)F)c1. The summed E-state index contributed by atoms with van der Waals surface area (Å²) in [5.41, 5.74) is 3.41. The van der Waals surface area contributed by atoms with E-state index in [0.29, 0.717) is 23.2 Å². The summed E-state index contributed by atoms with van der Waals surface area (Å²) >= 11 is 0. The normalized spacial score (nSPS) is 16.2. The Labute approximate surface area is 153 Å². The maximum absolute atomic E-state index is 12.7. The Bertz CT molecular complexity index is 953. The van der Waals surface area contributed by atoms with Crippen LogP contribution in [-0.2, 0) is 12.8 Å². The highest BCUT2D eigenvalue weighted by Crippen LogP contribution is 2.26. The van der Waals surface area contributed by atoms with Crippen molar-refractivity contribution in [3.63, 3.8) is 0 Å². The minimum atomic E-state index is -2.91. The molecular weight excluding hydrogens is 356 g/mol. The minimum absolute atomic E-state index is 0.0123. The maximum atomic E-state index is 12.7. The summed E-state index contributed by atoms with van der Waals surface area (Å²) in [6.07, 6.45) is 5.38. The second kappa shape index (κ2) is 7.18. The number of hydrogen-bond donors (Lipinski definition) is 3. The van der Waals surface area contributed by atoms with Crippen LogP contribution in [0.25, 0.3) is 11.3 Å². The second-order valence-electron chi connectivity index (χ2n) is 6.31. The number of alkyl halides is 2. The van der Waals surface area contributed by atoms with E-state index in [1.807, 2.05) is 0 Å². The van der Waals surface area contributed by atoms with E-state index in [4.69, 9.17) is 0 Å². The number of hydrogen-bond acceptors (Lipinski definition) is 4. The third kappa shape index (κ3) is 3.67. The predicted molar refractivity (Wildman–Crippen MR) is 92.5 cm³/mol. The number of aromatic nitrogens is 4. The number of ether oxygens (including phenoxy) is 1. The fourth-order valence-electron chi connectivity index (χ4n) is 3.29. The van der Waals surface area contributed by atoms with E-state index < -0.39 is 6.61 Å². The van der Waals surface area contributed by atoms with Crippen LogP contribution in [0.2, 0.25) is 0 Å². The topological polar surface area (TPSA) is 95.7 Å². The molecule has 3 N–H and O–H groups in total. The molecular formula is C18H17F2N5O2. The lowest BCUT2D eigenvalue weighted by Gasteiger charge is -2.22. The summed E-state index contributed by atoms with van der Waals surface area (Å²) in [7, 11) is 0. The molecule has 0 bridgehead atoms. The zero-order chi connectivity index (χ0) is 18.8. The van der Waals surface area contributed by atoms with Gasteiger partial charge in [-0.05, 0) is 25.0 Å². The first-order chi connectivity index (χ1) is 13.1. The van der Waals surface area contributed by atoms with Gasteiger partial charge in [-0.2, -0.15) is 13.9 Å². The summed E-state index contributed by atoms with van der Waals surface area (Å²) in [4.78, 5) is 20.1. The third-order valence-corrected chi connectivity index (χ3v) is 4.55. The molecule has 7 nitrogen and oxygen atoms in total. The molecule has 1 unspecified atom stereocenters. The van der Waals surface area contributed by atoms with Gasteiger partial charge in [0.2, 0.25) is 0 Å². The number of nitrogens with zero attached hydrogens (tertiary/aromatic N) is 2. The predicted octanol–water partition coefficient (Wildman–Crippen LogP) is 2.69. The van der Waals surface area contributed by atoms with Gasteiger partial charge in [0.05, 0.1) is 29.5 Å². The molecule has 1 aromatic carbocycles. The van der Waals surface area contributed by atoms with E-state index in [2.05, 4.69) is 30.2 Å². The summed E-state index contributed by atoms with van der Waals surface area (Å²) in [5, 5.41) is 9.71. The van der Waals surface area contributed by atoms with Crippen molar-refractivity contribution in [3.05, 3.63) is 53.7 Å². The third-order valence-electron chi connectivity index (χ3n) is 4.55. The molecule has 0 saturated carbocycles. The first-order valence-corrected chi connectivity index (χ1v) is 8.50. The number of H-pyrrole nitrogens is 2. The summed E-state index contributed by atoms with van der Waals surface area (Å²) in [5.74, 6) is -0.255. The molecule has 0 aliphatic heterocycles. The van der Waals surface area contributed by atoms with E-state index in [0.717, 1.165) is 24.2 Å². The van der Waals surface area contributed by atoms with Gasteiger partial charge in [0.1, 0.15) is 5.75 Å². The molecule has 1 aliphatic carbocycles. The van der Waals surface area contributed by atoms with Crippen LogP contribution in [0.1, 0.15) is 28.2 Å². The molecule has 4 rings (SSSR count). The van der Waals surface area contributed by atoms with Crippen LogP contribution in [0.4, 0.5) is 8.78 Å². The molecule has 1 atom stereocenters. The van der Waals surface area contributed by atoms with Crippen LogP contribution in [0, 0.1) is 0 Å². The van der Waals surface area contributed by atoms with Crippen molar-refractivity contribution in [1.29, 1.82) is 0 Å². The summed E-state index contributed by atoms with van der Waals surface area (Å²) in [6, 6.07) is 6.13. The molecule has 3 aromatic rings. The van der Waals surface area contributed by atoms with E-state index in [1.54, 1.807) is 18.5 Å². The number of aromatic amines is 2. The highest BCUT2D eigenvalue weighted by molar-refractivity contribution is 6.00. The van der Waals surface area contributed by atoms with Gasteiger partial charge in [-0.15, -0.1) is 0 Å². The van der Waals surface area contributed by atoms with E-state index in [1.165, 1.54) is 18.3 Å². The minimum Gasteiger partial charge on any atom is -0.435 e. The van der Waals surface area contributed by atoms with Crippen molar-refractivity contribution >= 4 is 5.91 Å². The Morgan fingerprint density at radius 1 is 1.37 bits per heavy atom. The van der Waals surface area contributed by atoms with Crippen molar-refractivity contribution in [1.82, 2.24) is 25.5 Å². The lowest BCUT2D eigenvalue weighted by atomic mass is 9.95. The van der Waals surface area contributed by atoms with Gasteiger partial charge in [0, 0.05) is 23.7 Å². The van der Waals surface area contributed by atoms with Crippen molar-refractivity contribution in [3.8, 4) is 17.0 Å². The summed E-state index contributed by atoms with van der Waals surface area (Å²) < 4.78 is 29.3. The number of benzene rings is 1. The first-order valence-electron chi connectivity index (χ1n) is 8.50. The average molecular weight is 373 g/mol. The number of carbonyl (C=O) groups excluding carboxylic acids is 1. The Balaban J connectivity index is 1.51. The Kier molecular flexibility index (Phi) is 4.57. The molecule has 0 spiro atoms. The molecule has 1 amide bonds. The van der Waals surface area contributed by atoms with Crippen LogP contribution in [0.15, 0.2) is 36.8 Å². The molecule has 1 aliphatic rings. The molecule has 0 radical (unpaired) electrons. The standard InChI is InChI=1S/C18H17F2N5O2/c19-18(20)27-12-3-1-2-10(6-12)16-13(8-23-25-16)17(26)24-11-4-5-14-15(7-11)22-9-21-14/h1-3,6,8-9,11,18H,4-5,7H2,(H,21,22)(H,23,25)(H,24,26). The fraction of sp³-hybridized carbons (Fsp3) is 0.278. The molecule has 9 heteroatoms. The molecule has 2 aromatic heterocycles. The van der Waals surface area contributed by atoms with Gasteiger partial charge in [0.15, 0.2) is 0 Å². The average Bonchev–Trinajstić information content (AvgIpc) is 3.30. The number of aryl methyl sites for hydroxylation is 1. The number of halogens is 2. The number of amides is 1. The number of imidazole rings is 1. The lowest BCUT2D eigenvalue weighted by molar-refractivity contribution is -0.0498. The fourth-order valence-corrected chi connectivity index (χ4v) is 3.29. The van der Waals surface area contributed by atoms with Crippen molar-refractivity contribution in [2.45, 2.75) is 31.9 Å². The summed E-state index contributed by atoms with van der Waals surface area (Å²) in [6.45, 7) is -2.91. The van der Waals surface area contributed by atoms with Crippen molar-refractivity contribution < 1.29 is 18.3 Å². The lowest BCUT2D eigenvalue weighted by Crippen LogP contribution is -2.39. The number of carbonyl (C=O) groups is 1. The zero-order valence-electron chi connectivity index (χ0n) is 14.2. The molecule has 2 heterocycles. The van der Waals surface area contributed by atoms with Crippen LogP contribution in [0.5, 0.6) is 5.75 Å². The quantitative estimate of drug-likeness (QED) is 0.641. The van der Waals surface area contributed by atoms with Crippen LogP contribution < -0.4 is 10.1 Å². The number of fused-ring (bicyclic) bond motifs is 1. The second-order valence-corrected chi connectivity index (χ2v) is 6.31. The zero-order valence-corrected chi connectivity index (χ0v) is 14.2. The Hall–Kier alpha value is -3.23. The van der Waals surface area contributed by atoms with Crippen molar-refractivity contribution in [2.75, 3.05) is 0 Å².